The van der Waals surface area contributed by atoms with Gasteiger partial charge in [-0.15, -0.1) is 22.7 Å². The number of rotatable bonds is 7. The molecule has 1 fully saturated rings. The minimum Gasteiger partial charge on any atom is -0.497 e. The predicted octanol–water partition coefficient (Wildman–Crippen LogP) is 3.67. The maximum Gasteiger partial charge on any atom is 0.329 e. The smallest absolute Gasteiger partial charge is 0.329 e. The van der Waals surface area contributed by atoms with Gasteiger partial charge in [0.25, 0.3) is 11.8 Å². The molecule has 1 aromatic carbocycles. The number of carbonyl (C=O) groups is 3. The van der Waals surface area contributed by atoms with Gasteiger partial charge in [-0.25, -0.2) is 9.78 Å². The molecule has 3 aromatic rings. The van der Waals surface area contributed by atoms with Crippen molar-refractivity contribution in [3.05, 3.63) is 52.0 Å². The summed E-state index contributed by atoms with van der Waals surface area (Å²) in [4.78, 5) is 43.9. The van der Waals surface area contributed by atoms with Crippen LogP contribution < -0.4 is 10.1 Å². The van der Waals surface area contributed by atoms with Crippen LogP contribution in [0.25, 0.3) is 11.3 Å². The van der Waals surface area contributed by atoms with Crippen molar-refractivity contribution < 1.29 is 23.9 Å². The van der Waals surface area contributed by atoms with Crippen molar-refractivity contribution in [3.63, 3.8) is 0 Å². The fourth-order valence-corrected chi connectivity index (χ4v) is 4.83. The van der Waals surface area contributed by atoms with Gasteiger partial charge in [-0.1, -0.05) is 6.07 Å². The number of benzene rings is 1. The molecule has 1 saturated heterocycles. The predicted molar refractivity (Wildman–Crippen MR) is 122 cm³/mol. The third-order valence-electron chi connectivity index (χ3n) is 5.00. The van der Waals surface area contributed by atoms with Crippen LogP contribution in [0.2, 0.25) is 0 Å². The van der Waals surface area contributed by atoms with Crippen molar-refractivity contribution >= 4 is 45.6 Å². The fourth-order valence-electron chi connectivity index (χ4n) is 3.41. The molecule has 10 heteroatoms. The van der Waals surface area contributed by atoms with E-state index in [2.05, 4.69) is 10.3 Å². The van der Waals surface area contributed by atoms with Gasteiger partial charge in [-0.3, -0.25) is 14.9 Å². The standard InChI is InChI=1S/C22H21N3O5S2/c1-29-15-8-6-14(7-9-15)16-13-32-22(23-16)24-19(26)12-30-21(28)17-4-2-10-25(17)20(27)18-5-3-11-31-18/h3,5-9,11,13,17H,2,4,10,12H2,1H3,(H,23,24,26). The van der Waals surface area contributed by atoms with Crippen LogP contribution >= 0.6 is 22.7 Å². The van der Waals surface area contributed by atoms with Crippen molar-refractivity contribution in [3.8, 4) is 17.0 Å². The lowest BCUT2D eigenvalue weighted by Crippen LogP contribution is -2.41. The van der Waals surface area contributed by atoms with Gasteiger partial charge < -0.3 is 14.4 Å². The molecule has 32 heavy (non-hydrogen) atoms. The van der Waals surface area contributed by atoms with E-state index in [4.69, 9.17) is 9.47 Å². The molecule has 8 nitrogen and oxygen atoms in total. The third kappa shape index (κ3) is 4.97. The first-order valence-corrected chi connectivity index (χ1v) is 11.7. The average Bonchev–Trinajstić information content (AvgIpc) is 3.59. The summed E-state index contributed by atoms with van der Waals surface area (Å²) in [6, 6.07) is 10.3. The maximum atomic E-state index is 12.6. The molecule has 1 atom stereocenters. The molecule has 2 aromatic heterocycles. The van der Waals surface area contributed by atoms with Crippen LogP contribution in [-0.4, -0.2) is 54.0 Å². The first kappa shape index (κ1) is 22.0. The van der Waals surface area contributed by atoms with Crippen LogP contribution in [0.4, 0.5) is 5.13 Å². The van der Waals surface area contributed by atoms with Gasteiger partial charge >= 0.3 is 5.97 Å². The first-order valence-electron chi connectivity index (χ1n) is 9.96. The summed E-state index contributed by atoms with van der Waals surface area (Å²) in [5, 5.41) is 6.70. The van der Waals surface area contributed by atoms with E-state index in [0.29, 0.717) is 23.0 Å². The second-order valence-corrected chi connectivity index (χ2v) is 8.86. The second-order valence-electron chi connectivity index (χ2n) is 7.06. The molecule has 1 aliphatic rings. The van der Waals surface area contributed by atoms with E-state index in [1.54, 1.807) is 19.2 Å². The van der Waals surface area contributed by atoms with Gasteiger partial charge in [0.2, 0.25) is 0 Å². The number of nitrogens with one attached hydrogen (secondary N) is 1. The van der Waals surface area contributed by atoms with E-state index >= 15 is 0 Å². The number of ether oxygens (including phenoxy) is 2. The van der Waals surface area contributed by atoms with Gasteiger partial charge in [0.05, 0.1) is 17.7 Å². The molecular formula is C22H21N3O5S2. The number of likely N-dealkylation sites (tertiary alicyclic amines) is 1. The average molecular weight is 472 g/mol. The number of thiophene rings is 1. The normalized spacial score (nSPS) is 15.4. The van der Waals surface area contributed by atoms with Crippen molar-refractivity contribution in [2.24, 2.45) is 0 Å². The molecule has 0 saturated carbocycles. The van der Waals surface area contributed by atoms with Crippen LogP contribution in [0, 0.1) is 0 Å². The highest BCUT2D eigenvalue weighted by molar-refractivity contribution is 7.14. The summed E-state index contributed by atoms with van der Waals surface area (Å²) in [6.07, 6.45) is 1.24. The highest BCUT2D eigenvalue weighted by Crippen LogP contribution is 2.27. The molecule has 166 valence electrons. The Morgan fingerprint density at radius 2 is 2.00 bits per heavy atom. The summed E-state index contributed by atoms with van der Waals surface area (Å²) < 4.78 is 10.3. The van der Waals surface area contributed by atoms with E-state index in [0.717, 1.165) is 23.4 Å². The van der Waals surface area contributed by atoms with Crippen molar-refractivity contribution in [2.45, 2.75) is 18.9 Å². The van der Waals surface area contributed by atoms with Gasteiger partial charge in [-0.2, -0.15) is 0 Å². The Morgan fingerprint density at radius 3 is 2.72 bits per heavy atom. The highest BCUT2D eigenvalue weighted by Gasteiger charge is 2.36. The Morgan fingerprint density at radius 1 is 1.19 bits per heavy atom. The number of anilines is 1. The summed E-state index contributed by atoms with van der Waals surface area (Å²) in [5.74, 6) is -0.487. The number of nitrogens with zero attached hydrogens (tertiary/aromatic N) is 2. The molecule has 0 spiro atoms. The zero-order valence-electron chi connectivity index (χ0n) is 17.3. The first-order chi connectivity index (χ1) is 15.5. The van der Waals surface area contributed by atoms with Crippen LogP contribution in [-0.2, 0) is 14.3 Å². The third-order valence-corrected chi connectivity index (χ3v) is 6.62. The number of aromatic nitrogens is 1. The lowest BCUT2D eigenvalue weighted by Gasteiger charge is -2.22. The molecule has 0 bridgehead atoms. The maximum absolute atomic E-state index is 12.6. The monoisotopic (exact) mass is 471 g/mol. The molecule has 3 heterocycles. The van der Waals surface area contributed by atoms with Gasteiger partial charge in [0.1, 0.15) is 11.8 Å². The number of hydrogen-bond acceptors (Lipinski definition) is 8. The molecule has 1 N–H and O–H groups in total. The largest absolute Gasteiger partial charge is 0.497 e. The number of carbonyl (C=O) groups excluding carboxylic acids is 3. The zero-order chi connectivity index (χ0) is 22.5. The van der Waals surface area contributed by atoms with E-state index in [1.807, 2.05) is 35.0 Å². The van der Waals surface area contributed by atoms with Crippen molar-refractivity contribution in [1.82, 2.24) is 9.88 Å². The number of thiazole rings is 1. The number of methoxy groups -OCH3 is 1. The Balaban J connectivity index is 1.29. The Kier molecular flexibility index (Phi) is 6.81. The van der Waals surface area contributed by atoms with Crippen LogP contribution in [0.3, 0.4) is 0 Å². The summed E-state index contributed by atoms with van der Waals surface area (Å²) >= 11 is 2.61. The van der Waals surface area contributed by atoms with Crippen LogP contribution in [0.5, 0.6) is 5.75 Å². The molecule has 0 radical (unpaired) electrons. The Labute approximate surface area is 192 Å². The van der Waals surface area contributed by atoms with Crippen LogP contribution in [0.15, 0.2) is 47.2 Å². The zero-order valence-corrected chi connectivity index (χ0v) is 18.9. The van der Waals surface area contributed by atoms with Crippen molar-refractivity contribution in [1.29, 1.82) is 0 Å². The fraction of sp³-hybridized carbons (Fsp3) is 0.273. The molecule has 1 unspecified atom stereocenters. The summed E-state index contributed by atoms with van der Waals surface area (Å²) in [5.41, 5.74) is 1.62. The van der Waals surface area contributed by atoms with Gasteiger partial charge in [0, 0.05) is 17.5 Å². The topological polar surface area (TPSA) is 97.8 Å². The Bertz CT molecular complexity index is 1100. The number of hydrogen-bond donors (Lipinski definition) is 1. The molecule has 2 amide bonds. The number of amides is 2. The molecule has 1 aliphatic heterocycles. The SMILES string of the molecule is COc1ccc(-c2csc(NC(=O)COC(=O)C3CCCN3C(=O)c3cccs3)n2)cc1. The van der Waals surface area contributed by atoms with Gasteiger partial charge in [-0.05, 0) is 48.6 Å². The Hall–Kier alpha value is -3.24. The quantitative estimate of drug-likeness (QED) is 0.528. The molecule has 0 aliphatic carbocycles. The van der Waals surface area contributed by atoms with Crippen molar-refractivity contribution in [2.75, 3.05) is 25.6 Å². The van der Waals surface area contributed by atoms with E-state index in [1.165, 1.54) is 27.6 Å². The van der Waals surface area contributed by atoms with Crippen LogP contribution in [0.1, 0.15) is 22.5 Å². The summed E-state index contributed by atoms with van der Waals surface area (Å²) in [7, 11) is 1.60. The van der Waals surface area contributed by atoms with Gasteiger partial charge in [0.15, 0.2) is 11.7 Å². The molecular weight excluding hydrogens is 450 g/mol. The van der Waals surface area contributed by atoms with E-state index in [9.17, 15) is 14.4 Å². The molecule has 4 rings (SSSR count). The lowest BCUT2D eigenvalue weighted by atomic mass is 10.2. The minimum absolute atomic E-state index is 0.183. The number of esters is 1. The second kappa shape index (κ2) is 9.92. The highest BCUT2D eigenvalue weighted by atomic mass is 32.1. The van der Waals surface area contributed by atoms with E-state index in [-0.39, 0.29) is 5.91 Å². The van der Waals surface area contributed by atoms with E-state index < -0.39 is 24.5 Å². The lowest BCUT2D eigenvalue weighted by molar-refractivity contribution is -0.151. The summed E-state index contributed by atoms with van der Waals surface area (Å²) in [6.45, 7) is 0.0593. The minimum atomic E-state index is -0.668.